The summed E-state index contributed by atoms with van der Waals surface area (Å²) in [4.78, 5) is 2.15. The highest BCUT2D eigenvalue weighted by Gasteiger charge is 2.19. The van der Waals surface area contributed by atoms with Crippen LogP contribution < -0.4 is 4.90 Å². The average molecular weight is 292 g/mol. The number of hydrogen-bond donors (Lipinski definition) is 0. The third kappa shape index (κ3) is 2.51. The minimum Gasteiger partial charge on any atom is -0.440 e. The van der Waals surface area contributed by atoms with E-state index in [0.29, 0.717) is 5.76 Å². The Morgan fingerprint density at radius 2 is 2.00 bits per heavy atom. The first-order valence-corrected chi connectivity index (χ1v) is 6.10. The van der Waals surface area contributed by atoms with Crippen LogP contribution in [0.5, 0.6) is 0 Å². The van der Waals surface area contributed by atoms with Gasteiger partial charge in [0.1, 0.15) is 23.5 Å². The van der Waals surface area contributed by atoms with E-state index in [1.54, 1.807) is 6.07 Å². The van der Waals surface area contributed by atoms with Crippen molar-refractivity contribution in [2.45, 2.75) is 12.8 Å². The van der Waals surface area contributed by atoms with Gasteiger partial charge in [0, 0.05) is 25.2 Å². The molecule has 17 heavy (non-hydrogen) atoms. The van der Waals surface area contributed by atoms with Gasteiger partial charge in [-0.05, 0) is 28.8 Å². The largest absolute Gasteiger partial charge is 0.440 e. The van der Waals surface area contributed by atoms with E-state index in [-0.39, 0.29) is 5.57 Å². The Morgan fingerprint density at radius 3 is 2.59 bits per heavy atom. The van der Waals surface area contributed by atoms with Gasteiger partial charge in [-0.3, -0.25) is 0 Å². The first-order chi connectivity index (χ1) is 8.24. The summed E-state index contributed by atoms with van der Waals surface area (Å²) >= 11 is 3.43. The Morgan fingerprint density at radius 1 is 1.35 bits per heavy atom. The second-order valence-electron chi connectivity index (χ2n) is 3.78. The van der Waals surface area contributed by atoms with E-state index in [9.17, 15) is 0 Å². The van der Waals surface area contributed by atoms with Crippen LogP contribution in [-0.2, 0) is 0 Å². The molecule has 1 aromatic rings. The minimum atomic E-state index is 0.0409. The molecule has 0 saturated carbocycles. The Kier molecular flexibility index (Phi) is 3.51. The van der Waals surface area contributed by atoms with Gasteiger partial charge in [0.25, 0.3) is 0 Å². The Hall–Kier alpha value is -1.72. The van der Waals surface area contributed by atoms with E-state index >= 15 is 0 Å². The molecule has 0 amide bonds. The highest BCUT2D eigenvalue weighted by Crippen LogP contribution is 2.33. The normalized spacial score (nSPS) is 14.2. The van der Waals surface area contributed by atoms with Crippen LogP contribution >= 0.6 is 15.9 Å². The number of halogens is 1. The van der Waals surface area contributed by atoms with E-state index in [4.69, 9.17) is 14.9 Å². The lowest BCUT2D eigenvalue weighted by Crippen LogP contribution is -2.17. The van der Waals surface area contributed by atoms with Crippen LogP contribution in [0.3, 0.4) is 0 Å². The van der Waals surface area contributed by atoms with Crippen LogP contribution in [0.25, 0.3) is 6.08 Å². The molecule has 1 fully saturated rings. The molecule has 2 rings (SSSR count). The predicted molar refractivity (Wildman–Crippen MR) is 67.1 cm³/mol. The van der Waals surface area contributed by atoms with Crippen molar-refractivity contribution in [3.05, 3.63) is 21.9 Å². The van der Waals surface area contributed by atoms with Gasteiger partial charge in [-0.25, -0.2) is 0 Å². The SMILES string of the molecule is N#CC(C#N)=Cc1cc(Br)c(N2CCCC2)o1. The second kappa shape index (κ2) is 5.07. The van der Waals surface area contributed by atoms with Gasteiger partial charge < -0.3 is 9.32 Å². The molecule has 1 saturated heterocycles. The summed E-state index contributed by atoms with van der Waals surface area (Å²) < 4.78 is 6.49. The fourth-order valence-corrected chi connectivity index (χ4v) is 2.37. The van der Waals surface area contributed by atoms with Crippen LogP contribution in [0.2, 0.25) is 0 Å². The molecule has 1 aromatic heterocycles. The molecule has 0 unspecified atom stereocenters. The average Bonchev–Trinajstić information content (AvgIpc) is 2.95. The number of nitriles is 2. The summed E-state index contributed by atoms with van der Waals surface area (Å²) in [5.74, 6) is 1.31. The zero-order valence-electron chi connectivity index (χ0n) is 9.11. The maximum Gasteiger partial charge on any atom is 0.210 e. The van der Waals surface area contributed by atoms with Crippen LogP contribution in [0.4, 0.5) is 5.88 Å². The number of furan rings is 1. The van der Waals surface area contributed by atoms with Gasteiger partial charge in [0.05, 0.1) is 4.47 Å². The molecule has 0 aromatic carbocycles. The monoisotopic (exact) mass is 291 g/mol. The fourth-order valence-electron chi connectivity index (χ4n) is 1.82. The smallest absolute Gasteiger partial charge is 0.210 e. The molecule has 2 heterocycles. The lowest BCUT2D eigenvalue weighted by molar-refractivity contribution is 0.546. The van der Waals surface area contributed by atoms with Crippen molar-refractivity contribution in [2.24, 2.45) is 0 Å². The molecule has 0 radical (unpaired) electrons. The number of anilines is 1. The van der Waals surface area contributed by atoms with Gasteiger partial charge in [0.2, 0.25) is 5.88 Å². The molecule has 0 spiro atoms. The molecule has 0 aliphatic carbocycles. The third-order valence-corrected chi connectivity index (χ3v) is 3.18. The zero-order chi connectivity index (χ0) is 12.3. The number of rotatable bonds is 2. The van der Waals surface area contributed by atoms with Gasteiger partial charge in [-0.1, -0.05) is 0 Å². The number of nitrogens with zero attached hydrogens (tertiary/aromatic N) is 3. The van der Waals surface area contributed by atoms with Crippen molar-refractivity contribution in [3.63, 3.8) is 0 Å². The fraction of sp³-hybridized carbons (Fsp3) is 0.333. The minimum absolute atomic E-state index is 0.0409. The van der Waals surface area contributed by atoms with Crippen LogP contribution in [0.1, 0.15) is 18.6 Å². The highest BCUT2D eigenvalue weighted by atomic mass is 79.9. The summed E-state index contributed by atoms with van der Waals surface area (Å²) in [5, 5.41) is 17.3. The molecular formula is C12H10BrN3O. The van der Waals surface area contributed by atoms with Crippen LogP contribution in [0, 0.1) is 22.7 Å². The number of hydrogen-bond acceptors (Lipinski definition) is 4. The van der Waals surface area contributed by atoms with Gasteiger partial charge in [0.15, 0.2) is 0 Å². The predicted octanol–water partition coefficient (Wildman–Crippen LogP) is 3.07. The maximum absolute atomic E-state index is 8.67. The van der Waals surface area contributed by atoms with E-state index in [1.807, 2.05) is 12.1 Å². The van der Waals surface area contributed by atoms with E-state index in [2.05, 4.69) is 20.8 Å². The lowest BCUT2D eigenvalue weighted by Gasteiger charge is -2.13. The van der Waals surface area contributed by atoms with Gasteiger partial charge >= 0.3 is 0 Å². The van der Waals surface area contributed by atoms with Crippen molar-refractivity contribution < 1.29 is 4.42 Å². The molecule has 0 atom stereocenters. The van der Waals surface area contributed by atoms with Crippen molar-refractivity contribution in [3.8, 4) is 12.1 Å². The number of allylic oxidation sites excluding steroid dienone is 1. The summed E-state index contributed by atoms with van der Waals surface area (Å²) in [6, 6.07) is 5.40. The van der Waals surface area contributed by atoms with Gasteiger partial charge in [-0.15, -0.1) is 0 Å². The van der Waals surface area contributed by atoms with Crippen LogP contribution in [-0.4, -0.2) is 13.1 Å². The Bertz CT molecular complexity index is 511. The molecule has 86 valence electrons. The van der Waals surface area contributed by atoms with Crippen molar-refractivity contribution in [1.29, 1.82) is 10.5 Å². The second-order valence-corrected chi connectivity index (χ2v) is 4.63. The maximum atomic E-state index is 8.67. The van der Waals surface area contributed by atoms with E-state index in [0.717, 1.165) is 23.4 Å². The standard InChI is InChI=1S/C12H10BrN3O/c13-11-6-10(5-9(7-14)8-15)17-12(11)16-3-1-2-4-16/h5-6H,1-4H2. The first kappa shape index (κ1) is 11.8. The first-order valence-electron chi connectivity index (χ1n) is 5.31. The summed E-state index contributed by atoms with van der Waals surface area (Å²) in [7, 11) is 0. The topological polar surface area (TPSA) is 64.0 Å². The summed E-state index contributed by atoms with van der Waals surface area (Å²) in [5.41, 5.74) is 0.0409. The third-order valence-electron chi connectivity index (χ3n) is 2.61. The van der Waals surface area contributed by atoms with Gasteiger partial charge in [-0.2, -0.15) is 10.5 Å². The van der Waals surface area contributed by atoms with E-state index < -0.39 is 0 Å². The molecule has 1 aliphatic rings. The molecule has 0 N–H and O–H groups in total. The Labute approximate surface area is 108 Å². The molecule has 5 heteroatoms. The summed E-state index contributed by atoms with van der Waals surface area (Å²) in [6.45, 7) is 1.97. The zero-order valence-corrected chi connectivity index (χ0v) is 10.7. The highest BCUT2D eigenvalue weighted by molar-refractivity contribution is 9.10. The van der Waals surface area contributed by atoms with Crippen molar-refractivity contribution in [1.82, 2.24) is 0 Å². The quantitative estimate of drug-likeness (QED) is 0.786. The molecule has 4 nitrogen and oxygen atoms in total. The molecule has 1 aliphatic heterocycles. The molecular weight excluding hydrogens is 282 g/mol. The van der Waals surface area contributed by atoms with Crippen molar-refractivity contribution >= 4 is 27.9 Å². The van der Waals surface area contributed by atoms with Crippen molar-refractivity contribution in [2.75, 3.05) is 18.0 Å². The lowest BCUT2D eigenvalue weighted by atomic mass is 10.3. The summed E-state index contributed by atoms with van der Waals surface area (Å²) in [6.07, 6.45) is 3.78. The van der Waals surface area contributed by atoms with E-state index in [1.165, 1.54) is 18.9 Å². The Balaban J connectivity index is 2.28. The van der Waals surface area contributed by atoms with Crippen LogP contribution in [0.15, 0.2) is 20.5 Å². The molecule has 0 bridgehead atoms.